The number of nitrogens with one attached hydrogen (secondary N) is 7. The van der Waals surface area contributed by atoms with E-state index in [0.29, 0.717) is 30.2 Å². The molecule has 63 heavy (non-hydrogen) atoms. The van der Waals surface area contributed by atoms with Crippen LogP contribution in [-0.4, -0.2) is 197 Å². The smallest absolute Gasteiger partial charge is 0.245 e. The fourth-order valence-corrected chi connectivity index (χ4v) is 7.32. The van der Waals surface area contributed by atoms with Crippen LogP contribution < -0.4 is 48.7 Å². The summed E-state index contributed by atoms with van der Waals surface area (Å²) in [4.78, 5) is 131. The Morgan fingerprint density at radius 3 is 1.89 bits per heavy atom. The average Bonchev–Trinajstić information content (AvgIpc) is 3.53. The number of aliphatic imine (C=N–C) groups is 1. The predicted molar refractivity (Wildman–Crippen MR) is 236 cm³/mol. The van der Waals surface area contributed by atoms with Gasteiger partial charge in [0.1, 0.15) is 30.2 Å². The Kier molecular flexibility index (Phi) is 27.4. The molecule has 0 aromatic carbocycles. The first-order chi connectivity index (χ1) is 29.9. The highest BCUT2D eigenvalue weighted by Crippen LogP contribution is 2.26. The molecular weight excluding hydrogens is 891 g/mol. The molecule has 0 aromatic rings. The van der Waals surface area contributed by atoms with Crippen LogP contribution in [0.1, 0.15) is 45.4 Å². The van der Waals surface area contributed by atoms with E-state index in [2.05, 4.69) is 54.8 Å². The molecule has 24 nitrogen and oxygen atoms in total. The predicted octanol–water partition coefficient (Wildman–Crippen LogP) is -6.37. The number of ketones is 1. The molecule has 27 heteroatoms. The molecule has 0 bridgehead atoms. The quantitative estimate of drug-likeness (QED) is 0.0101. The Morgan fingerprint density at radius 2 is 1.33 bits per heavy atom. The third kappa shape index (κ3) is 20.7. The summed E-state index contributed by atoms with van der Waals surface area (Å²) in [5, 5.41) is 44.9. The molecule has 1 aliphatic rings. The number of aliphatic hydroxyl groups excluding tert-OH is 3. The number of rotatable bonds is 31. The zero-order chi connectivity index (χ0) is 47.6. The molecule has 0 aliphatic carbocycles. The van der Waals surface area contributed by atoms with E-state index in [1.54, 1.807) is 13.3 Å². The molecule has 0 saturated carbocycles. The second-order valence-corrected chi connectivity index (χ2v) is 16.6. The Labute approximate surface area is 378 Å². The number of hydrogen-bond acceptors (Lipinski definition) is 18. The van der Waals surface area contributed by atoms with Gasteiger partial charge < -0.3 is 64.0 Å². The molecule has 2 unspecified atom stereocenters. The van der Waals surface area contributed by atoms with Gasteiger partial charge >= 0.3 is 0 Å². The molecule has 14 N–H and O–H groups in total. The number of nitrogens with two attached hydrogens (primary N) is 2. The van der Waals surface area contributed by atoms with E-state index in [0.717, 1.165) is 4.90 Å². The maximum absolute atomic E-state index is 12.9. The Morgan fingerprint density at radius 1 is 0.778 bits per heavy atom. The number of carbonyl (C=O) groups is 10. The lowest BCUT2D eigenvalue weighted by Crippen LogP contribution is -2.60. The summed E-state index contributed by atoms with van der Waals surface area (Å²) < 4.78 is 0. The summed E-state index contributed by atoms with van der Waals surface area (Å²) in [6.07, 6.45) is 2.64. The van der Waals surface area contributed by atoms with Crippen LogP contribution in [0, 0.1) is 0 Å². The minimum absolute atomic E-state index is 0.0135. The molecule has 0 radical (unpaired) electrons. The molecule has 0 spiro atoms. The number of hydrogen-bond donors (Lipinski definition) is 13. The Balaban J connectivity index is 2.60. The van der Waals surface area contributed by atoms with Crippen LogP contribution >= 0.6 is 36.2 Å². The number of imide groups is 1. The van der Waals surface area contributed by atoms with Crippen molar-refractivity contribution in [1.29, 1.82) is 0 Å². The summed E-state index contributed by atoms with van der Waals surface area (Å²) in [5.74, 6) is -5.69. The van der Waals surface area contributed by atoms with Gasteiger partial charge in [-0.05, 0) is 37.5 Å². The van der Waals surface area contributed by atoms with Crippen molar-refractivity contribution in [2.24, 2.45) is 16.5 Å². The molecule has 356 valence electrons. The highest BCUT2D eigenvalue weighted by atomic mass is 32.2. The normalized spacial score (nSPS) is 16.7. The monoisotopic (exact) mass is 951 g/mol. The zero-order valence-corrected chi connectivity index (χ0v) is 37.9. The van der Waals surface area contributed by atoms with Gasteiger partial charge in [0.05, 0.1) is 36.9 Å². The molecule has 7 atom stereocenters. The minimum atomic E-state index is -1.74. The fourth-order valence-electron chi connectivity index (χ4n) is 5.38. The third-order valence-electron chi connectivity index (χ3n) is 9.15. The lowest BCUT2D eigenvalue weighted by molar-refractivity contribution is -0.139. The number of amidine groups is 1. The molecule has 1 fully saturated rings. The van der Waals surface area contributed by atoms with Gasteiger partial charge in [0, 0.05) is 58.1 Å². The number of nitrogens with zero attached hydrogens (tertiary/aromatic N) is 2. The molecular formula is C36H61N11O13S3. The van der Waals surface area contributed by atoms with Gasteiger partial charge in [-0.2, -0.15) is 24.4 Å². The summed E-state index contributed by atoms with van der Waals surface area (Å²) in [7, 11) is 1.58. The minimum Gasteiger partial charge on any atom is -0.394 e. The first-order valence-electron chi connectivity index (χ1n) is 19.8. The number of thiol groups is 1. The van der Waals surface area contributed by atoms with Gasteiger partial charge in [0.15, 0.2) is 5.78 Å². The van der Waals surface area contributed by atoms with Crippen molar-refractivity contribution in [1.82, 2.24) is 42.1 Å². The summed E-state index contributed by atoms with van der Waals surface area (Å²) in [6.45, 7) is -2.56. The number of amides is 9. The van der Waals surface area contributed by atoms with Crippen molar-refractivity contribution >= 4 is 101 Å². The van der Waals surface area contributed by atoms with Crippen molar-refractivity contribution < 1.29 is 63.3 Å². The topological polar surface area (TPSA) is 383 Å². The first kappa shape index (κ1) is 56.5. The SMILES string of the molecule is CN=C(N)CCCSC1CC(=O)N(CCC(=O)NCCC(=O)N[C@@H](CO)C(=O)N[C@H](CO)C(=O)N[C@@H](CO)C(=O)NC[C@H](N)C(=O)N[C@@H](CCSC)C(=O)NC(CS)C(C)=O)C1=O. The number of carbonyl (C=O) groups excluding carboxylic acids is 10. The van der Waals surface area contributed by atoms with Gasteiger partial charge in [0.2, 0.25) is 53.2 Å². The number of likely N-dealkylation sites (tertiary alicyclic amines) is 1. The molecule has 1 saturated heterocycles. The lowest BCUT2D eigenvalue weighted by Gasteiger charge is -2.24. The van der Waals surface area contributed by atoms with Gasteiger partial charge in [-0.25, -0.2) is 0 Å². The average molecular weight is 952 g/mol. The second kappa shape index (κ2) is 30.5. The van der Waals surface area contributed by atoms with E-state index in [4.69, 9.17) is 11.5 Å². The lowest BCUT2D eigenvalue weighted by atomic mass is 10.1. The van der Waals surface area contributed by atoms with Crippen LogP contribution in [0.5, 0.6) is 0 Å². The van der Waals surface area contributed by atoms with Gasteiger partial charge in [-0.15, -0.1) is 11.8 Å². The summed E-state index contributed by atoms with van der Waals surface area (Å²) in [5.41, 5.74) is 11.6. The highest BCUT2D eigenvalue weighted by Gasteiger charge is 2.38. The maximum atomic E-state index is 12.9. The Hall–Kier alpha value is -4.54. The van der Waals surface area contributed by atoms with Gasteiger partial charge in [-0.3, -0.25) is 57.8 Å². The van der Waals surface area contributed by atoms with Crippen molar-refractivity contribution in [2.75, 3.05) is 70.0 Å². The largest absolute Gasteiger partial charge is 0.394 e. The van der Waals surface area contributed by atoms with Crippen molar-refractivity contribution in [2.45, 2.75) is 86.9 Å². The van der Waals surface area contributed by atoms with Crippen LogP contribution in [0.15, 0.2) is 4.99 Å². The molecule has 1 aliphatic heterocycles. The van der Waals surface area contributed by atoms with Gasteiger partial charge in [-0.1, -0.05) is 0 Å². The van der Waals surface area contributed by atoms with Gasteiger partial charge in [0.25, 0.3) is 0 Å². The van der Waals surface area contributed by atoms with Crippen LogP contribution in [0.3, 0.4) is 0 Å². The molecule has 1 heterocycles. The number of Topliss-reactive ketones (excluding diaryl/α,β-unsaturated/α-hetero) is 1. The standard InChI is InChI=1S/C36H61N11O13S3/c1-19(51)25(18-61)46-33(57)21(8-12-62-3)43-31(55)20(37)14-41-32(56)22(15-48)44-35(59)24(17-50)45-34(58)23(16-49)42-29(53)6-9-40-28(52)7-10-47-30(54)13-26(36(47)60)63-11-4-5-27(38)39-2/h20-26,48-50,61H,4-18,37H2,1-3H3,(H2,38,39)(H,40,52)(H,41,56)(H,42,53)(H,43,55)(H,44,59)(H,45,58)(H,46,57)/t20-,21-,22-,23-,24+,25?,26?/m0/s1. The fraction of sp³-hybridized carbons (Fsp3) is 0.694. The first-order valence-corrected chi connectivity index (χ1v) is 22.9. The van der Waals surface area contributed by atoms with Crippen LogP contribution in [0.2, 0.25) is 0 Å². The van der Waals surface area contributed by atoms with E-state index >= 15 is 0 Å². The van der Waals surface area contributed by atoms with E-state index in [9.17, 15) is 63.3 Å². The second-order valence-electron chi connectivity index (χ2n) is 14.0. The molecule has 0 aromatic heterocycles. The van der Waals surface area contributed by atoms with Crippen molar-refractivity contribution in [3.63, 3.8) is 0 Å². The molecule has 1 rings (SSSR count). The van der Waals surface area contributed by atoms with Crippen molar-refractivity contribution in [3.8, 4) is 0 Å². The number of thioether (sulfide) groups is 2. The van der Waals surface area contributed by atoms with E-state index in [1.807, 2.05) is 0 Å². The van der Waals surface area contributed by atoms with Crippen LogP contribution in [0.4, 0.5) is 0 Å². The maximum Gasteiger partial charge on any atom is 0.245 e. The summed E-state index contributed by atoms with van der Waals surface area (Å²) in [6, 6.07) is -8.39. The van der Waals surface area contributed by atoms with Crippen LogP contribution in [0.25, 0.3) is 0 Å². The van der Waals surface area contributed by atoms with E-state index < -0.39 is 121 Å². The number of aliphatic hydroxyl groups is 3. The summed E-state index contributed by atoms with van der Waals surface area (Å²) >= 11 is 6.78. The van der Waals surface area contributed by atoms with E-state index in [1.165, 1.54) is 30.4 Å². The van der Waals surface area contributed by atoms with Crippen molar-refractivity contribution in [3.05, 3.63) is 0 Å². The van der Waals surface area contributed by atoms with E-state index in [-0.39, 0.29) is 50.3 Å². The highest BCUT2D eigenvalue weighted by molar-refractivity contribution is 8.00. The Bertz CT molecular complexity index is 1640. The third-order valence-corrected chi connectivity index (χ3v) is 11.5. The zero-order valence-electron chi connectivity index (χ0n) is 35.4. The molecule has 9 amide bonds. The van der Waals surface area contributed by atoms with Crippen LogP contribution in [-0.2, 0) is 47.9 Å².